The van der Waals surface area contributed by atoms with E-state index in [4.69, 9.17) is 9.47 Å². The van der Waals surface area contributed by atoms with Crippen molar-refractivity contribution >= 4 is 10.8 Å². The van der Waals surface area contributed by atoms with Crippen molar-refractivity contribution in [2.24, 2.45) is 0 Å². The largest absolute Gasteiger partial charge is 0.486 e. The topological polar surface area (TPSA) is 30.5 Å². The second kappa shape index (κ2) is 7.16. The van der Waals surface area contributed by atoms with E-state index in [1.54, 1.807) is 0 Å². The zero-order chi connectivity index (χ0) is 17.1. The summed E-state index contributed by atoms with van der Waals surface area (Å²) in [6.45, 7) is 4.30. The summed E-state index contributed by atoms with van der Waals surface area (Å²) in [7, 11) is 0. The van der Waals surface area contributed by atoms with E-state index < -0.39 is 0 Å². The van der Waals surface area contributed by atoms with E-state index in [-0.39, 0.29) is 0 Å². The highest BCUT2D eigenvalue weighted by Gasteiger charge is 2.15. The van der Waals surface area contributed by atoms with Crippen molar-refractivity contribution in [2.75, 3.05) is 13.2 Å². The number of nitrogens with one attached hydrogen (secondary N) is 1. The number of hydrogen-bond acceptors (Lipinski definition) is 3. The maximum atomic E-state index is 5.72. The van der Waals surface area contributed by atoms with E-state index in [2.05, 4.69) is 66.8 Å². The number of benzene rings is 3. The van der Waals surface area contributed by atoms with Gasteiger partial charge in [0.1, 0.15) is 13.2 Å². The first kappa shape index (κ1) is 16.0. The molecule has 0 aromatic heterocycles. The summed E-state index contributed by atoms with van der Waals surface area (Å²) >= 11 is 0. The summed E-state index contributed by atoms with van der Waals surface area (Å²) in [4.78, 5) is 0. The molecule has 0 spiro atoms. The van der Waals surface area contributed by atoms with Crippen LogP contribution in [0.3, 0.4) is 0 Å². The summed E-state index contributed by atoms with van der Waals surface area (Å²) in [5.41, 5.74) is 2.54. The van der Waals surface area contributed by atoms with Gasteiger partial charge in [0.2, 0.25) is 0 Å². The smallest absolute Gasteiger partial charge is 0.161 e. The van der Waals surface area contributed by atoms with E-state index in [1.807, 2.05) is 6.07 Å². The van der Waals surface area contributed by atoms with Gasteiger partial charge < -0.3 is 14.8 Å². The predicted octanol–water partition coefficient (Wildman–Crippen LogP) is 4.85. The van der Waals surface area contributed by atoms with Gasteiger partial charge in [-0.2, -0.15) is 0 Å². The number of ether oxygens (including phenoxy) is 2. The maximum absolute atomic E-state index is 5.72. The SMILES string of the molecule is CCC(NCc1ccc2ccccc2c1)c1ccc2c(c1)OCCO2. The van der Waals surface area contributed by atoms with Crippen molar-refractivity contribution in [2.45, 2.75) is 25.9 Å². The molecule has 1 atom stereocenters. The van der Waals surface area contributed by atoms with Gasteiger partial charge >= 0.3 is 0 Å². The molecular formula is C22H23NO2. The van der Waals surface area contributed by atoms with Gasteiger partial charge in [-0.25, -0.2) is 0 Å². The maximum Gasteiger partial charge on any atom is 0.161 e. The van der Waals surface area contributed by atoms with Crippen LogP contribution in [0.1, 0.15) is 30.5 Å². The zero-order valence-corrected chi connectivity index (χ0v) is 14.5. The molecule has 0 saturated heterocycles. The molecule has 0 amide bonds. The molecule has 1 aliphatic rings. The van der Waals surface area contributed by atoms with E-state index in [9.17, 15) is 0 Å². The van der Waals surface area contributed by atoms with Gasteiger partial charge in [-0.05, 0) is 46.5 Å². The Balaban J connectivity index is 1.49. The van der Waals surface area contributed by atoms with Crippen LogP contribution in [0.15, 0.2) is 60.7 Å². The standard InChI is InChI=1S/C22H23NO2/c1-2-20(19-9-10-21-22(14-19)25-12-11-24-21)23-15-16-7-8-17-5-3-4-6-18(17)13-16/h3-10,13-14,20,23H,2,11-12,15H2,1H3. The molecule has 1 heterocycles. The monoisotopic (exact) mass is 333 g/mol. The zero-order valence-electron chi connectivity index (χ0n) is 14.5. The van der Waals surface area contributed by atoms with Crippen LogP contribution in [-0.4, -0.2) is 13.2 Å². The van der Waals surface area contributed by atoms with Gasteiger partial charge in [-0.1, -0.05) is 49.4 Å². The Morgan fingerprint density at radius 3 is 2.52 bits per heavy atom. The summed E-state index contributed by atoms with van der Waals surface area (Å²) in [5.74, 6) is 1.70. The molecule has 3 aromatic rings. The molecule has 1 aliphatic heterocycles. The normalized spacial score (nSPS) is 14.4. The molecule has 0 radical (unpaired) electrons. The summed E-state index contributed by atoms with van der Waals surface area (Å²) < 4.78 is 11.3. The van der Waals surface area contributed by atoms with Gasteiger partial charge in [-0.15, -0.1) is 0 Å². The summed E-state index contributed by atoms with van der Waals surface area (Å²) in [6.07, 6.45) is 1.02. The molecule has 0 fully saturated rings. The second-order valence-corrected chi connectivity index (χ2v) is 6.43. The van der Waals surface area contributed by atoms with Gasteiger partial charge in [0, 0.05) is 12.6 Å². The van der Waals surface area contributed by atoms with Gasteiger partial charge in [-0.3, -0.25) is 0 Å². The van der Waals surface area contributed by atoms with E-state index >= 15 is 0 Å². The highest BCUT2D eigenvalue weighted by molar-refractivity contribution is 5.82. The Morgan fingerprint density at radius 1 is 0.880 bits per heavy atom. The molecule has 0 aliphatic carbocycles. The molecule has 3 heteroatoms. The van der Waals surface area contributed by atoms with Crippen LogP contribution in [0.2, 0.25) is 0 Å². The predicted molar refractivity (Wildman–Crippen MR) is 101 cm³/mol. The number of rotatable bonds is 5. The summed E-state index contributed by atoms with van der Waals surface area (Å²) in [6, 6.07) is 21.7. The van der Waals surface area contributed by atoms with Crippen LogP contribution in [0, 0.1) is 0 Å². The summed E-state index contributed by atoms with van der Waals surface area (Å²) in [5, 5.41) is 6.25. The lowest BCUT2D eigenvalue weighted by Gasteiger charge is -2.22. The molecule has 25 heavy (non-hydrogen) atoms. The van der Waals surface area contributed by atoms with Gasteiger partial charge in [0.25, 0.3) is 0 Å². The molecule has 0 saturated carbocycles. The van der Waals surface area contributed by atoms with Crippen molar-refractivity contribution in [3.8, 4) is 11.5 Å². The van der Waals surface area contributed by atoms with E-state index in [0.717, 1.165) is 24.5 Å². The molecular weight excluding hydrogens is 310 g/mol. The Kier molecular flexibility index (Phi) is 4.57. The first-order chi connectivity index (χ1) is 12.3. The Bertz CT molecular complexity index is 875. The van der Waals surface area contributed by atoms with Crippen molar-refractivity contribution < 1.29 is 9.47 Å². The van der Waals surface area contributed by atoms with Crippen LogP contribution < -0.4 is 14.8 Å². The molecule has 3 nitrogen and oxygen atoms in total. The first-order valence-electron chi connectivity index (χ1n) is 8.94. The first-order valence-corrected chi connectivity index (χ1v) is 8.94. The third-order valence-corrected chi connectivity index (χ3v) is 4.74. The fourth-order valence-corrected chi connectivity index (χ4v) is 3.36. The van der Waals surface area contributed by atoms with Crippen LogP contribution >= 0.6 is 0 Å². The lowest BCUT2D eigenvalue weighted by atomic mass is 10.0. The molecule has 0 bridgehead atoms. The molecule has 4 rings (SSSR count). The average Bonchev–Trinajstić information content (AvgIpc) is 2.68. The van der Waals surface area contributed by atoms with Crippen LogP contribution in [0.25, 0.3) is 10.8 Å². The van der Waals surface area contributed by atoms with Crippen molar-refractivity contribution in [1.82, 2.24) is 5.32 Å². The van der Waals surface area contributed by atoms with Gasteiger partial charge in [0.05, 0.1) is 0 Å². The minimum atomic E-state index is 0.294. The highest BCUT2D eigenvalue weighted by atomic mass is 16.6. The Labute approximate surface area is 148 Å². The third-order valence-electron chi connectivity index (χ3n) is 4.74. The number of fused-ring (bicyclic) bond motifs is 2. The quantitative estimate of drug-likeness (QED) is 0.724. The third kappa shape index (κ3) is 3.47. The Hall–Kier alpha value is -2.52. The average molecular weight is 333 g/mol. The minimum Gasteiger partial charge on any atom is -0.486 e. The second-order valence-electron chi connectivity index (χ2n) is 6.43. The van der Waals surface area contributed by atoms with E-state index in [0.29, 0.717) is 19.3 Å². The minimum absolute atomic E-state index is 0.294. The lowest BCUT2D eigenvalue weighted by Crippen LogP contribution is -2.21. The molecule has 3 aromatic carbocycles. The van der Waals surface area contributed by atoms with Crippen LogP contribution in [0.4, 0.5) is 0 Å². The lowest BCUT2D eigenvalue weighted by molar-refractivity contribution is 0.171. The molecule has 128 valence electrons. The van der Waals surface area contributed by atoms with Crippen molar-refractivity contribution in [1.29, 1.82) is 0 Å². The molecule has 1 N–H and O–H groups in total. The Morgan fingerprint density at radius 2 is 1.68 bits per heavy atom. The highest BCUT2D eigenvalue weighted by Crippen LogP contribution is 2.33. The van der Waals surface area contributed by atoms with Crippen molar-refractivity contribution in [3.63, 3.8) is 0 Å². The molecule has 1 unspecified atom stereocenters. The van der Waals surface area contributed by atoms with E-state index in [1.165, 1.54) is 21.9 Å². The van der Waals surface area contributed by atoms with Crippen molar-refractivity contribution in [3.05, 3.63) is 71.8 Å². The fraction of sp³-hybridized carbons (Fsp3) is 0.273. The van der Waals surface area contributed by atoms with Crippen LogP contribution in [-0.2, 0) is 6.54 Å². The van der Waals surface area contributed by atoms with Crippen LogP contribution in [0.5, 0.6) is 11.5 Å². The fourth-order valence-electron chi connectivity index (χ4n) is 3.36. The van der Waals surface area contributed by atoms with Gasteiger partial charge in [0.15, 0.2) is 11.5 Å². The number of hydrogen-bond donors (Lipinski definition) is 1.